The fourth-order valence-corrected chi connectivity index (χ4v) is 1.43. The van der Waals surface area contributed by atoms with Crippen molar-refractivity contribution in [3.05, 3.63) is 29.3 Å². The number of carbonyl (C=O) groups is 1. The zero-order valence-electron chi connectivity index (χ0n) is 9.39. The molecule has 0 amide bonds. The zero-order chi connectivity index (χ0) is 12.1. The highest BCUT2D eigenvalue weighted by Crippen LogP contribution is 2.28. The van der Waals surface area contributed by atoms with Crippen molar-refractivity contribution in [1.29, 1.82) is 0 Å². The molecule has 5 heteroatoms. The van der Waals surface area contributed by atoms with Crippen molar-refractivity contribution in [3.8, 4) is 5.75 Å². The van der Waals surface area contributed by atoms with Crippen LogP contribution in [0.25, 0.3) is 0 Å². The number of aromatic hydroxyl groups is 1. The molecule has 0 saturated heterocycles. The molecule has 0 spiro atoms. The van der Waals surface area contributed by atoms with Crippen LogP contribution in [-0.4, -0.2) is 32.4 Å². The van der Waals surface area contributed by atoms with Gasteiger partial charge in [-0.15, -0.1) is 0 Å². The Morgan fingerprint density at radius 3 is 2.38 bits per heavy atom. The molecule has 1 rings (SSSR count). The molecule has 16 heavy (non-hydrogen) atoms. The second-order valence-electron chi connectivity index (χ2n) is 3.04. The molecule has 0 radical (unpaired) electrons. The van der Waals surface area contributed by atoms with E-state index in [2.05, 4.69) is 4.74 Å². The van der Waals surface area contributed by atoms with Crippen molar-refractivity contribution in [2.24, 2.45) is 0 Å². The lowest BCUT2D eigenvalue weighted by molar-refractivity contribution is -0.106. The maximum absolute atomic E-state index is 11.5. The smallest absolute Gasteiger partial charge is 0.342 e. The Kier molecular flexibility index (Phi) is 4.28. The number of benzene rings is 1. The number of carbonyl (C=O) groups excluding carboxylic acids is 1. The van der Waals surface area contributed by atoms with Crippen molar-refractivity contribution in [1.82, 2.24) is 0 Å². The van der Waals surface area contributed by atoms with Gasteiger partial charge in [0, 0.05) is 19.8 Å². The highest BCUT2D eigenvalue weighted by atomic mass is 16.7. The summed E-state index contributed by atoms with van der Waals surface area (Å²) in [6.07, 6.45) is -0.721. The lowest BCUT2D eigenvalue weighted by Crippen LogP contribution is -2.12. The number of rotatable bonds is 4. The number of phenols is 1. The summed E-state index contributed by atoms with van der Waals surface area (Å²) in [7, 11) is 4.13. The zero-order valence-corrected chi connectivity index (χ0v) is 9.39. The fraction of sp³-hybridized carbons (Fsp3) is 0.364. The van der Waals surface area contributed by atoms with Crippen LogP contribution in [0.3, 0.4) is 0 Å². The van der Waals surface area contributed by atoms with Crippen molar-refractivity contribution < 1.29 is 24.1 Å². The number of esters is 1. The quantitative estimate of drug-likeness (QED) is 0.622. The molecule has 0 bridgehead atoms. The predicted molar refractivity (Wildman–Crippen MR) is 56.2 cm³/mol. The molecule has 0 heterocycles. The van der Waals surface area contributed by atoms with E-state index in [4.69, 9.17) is 9.47 Å². The largest absolute Gasteiger partial charge is 0.507 e. The second kappa shape index (κ2) is 5.48. The van der Waals surface area contributed by atoms with E-state index in [-0.39, 0.29) is 11.3 Å². The van der Waals surface area contributed by atoms with Gasteiger partial charge in [-0.05, 0) is 6.07 Å². The Balaban J connectivity index is 3.27. The van der Waals surface area contributed by atoms with Crippen LogP contribution in [0.5, 0.6) is 5.75 Å². The highest BCUT2D eigenvalue weighted by molar-refractivity contribution is 5.94. The third-order valence-corrected chi connectivity index (χ3v) is 2.15. The molecule has 1 aromatic rings. The molecular formula is C11H14O5. The van der Waals surface area contributed by atoms with Gasteiger partial charge in [-0.1, -0.05) is 12.1 Å². The molecule has 1 N–H and O–H groups in total. The summed E-state index contributed by atoms with van der Waals surface area (Å²) in [5.74, 6) is -0.796. The van der Waals surface area contributed by atoms with Crippen LogP contribution in [0.4, 0.5) is 0 Å². The van der Waals surface area contributed by atoms with Crippen LogP contribution in [0.1, 0.15) is 22.2 Å². The molecule has 0 aromatic heterocycles. The molecule has 5 nitrogen and oxygen atoms in total. The Morgan fingerprint density at radius 2 is 1.88 bits per heavy atom. The van der Waals surface area contributed by atoms with Crippen molar-refractivity contribution in [3.63, 3.8) is 0 Å². The minimum atomic E-state index is -0.721. The summed E-state index contributed by atoms with van der Waals surface area (Å²) in [5.41, 5.74) is 0.482. The minimum absolute atomic E-state index is 0.0544. The van der Waals surface area contributed by atoms with Gasteiger partial charge in [-0.25, -0.2) is 4.79 Å². The molecule has 0 aliphatic rings. The van der Waals surface area contributed by atoms with Crippen molar-refractivity contribution in [2.45, 2.75) is 6.29 Å². The van der Waals surface area contributed by atoms with Crippen LogP contribution in [0.15, 0.2) is 18.2 Å². The Bertz CT molecular complexity index is 371. The summed E-state index contributed by atoms with van der Waals surface area (Å²) >= 11 is 0. The van der Waals surface area contributed by atoms with Gasteiger partial charge >= 0.3 is 5.97 Å². The first-order chi connectivity index (χ1) is 7.65. The van der Waals surface area contributed by atoms with Crippen molar-refractivity contribution in [2.75, 3.05) is 21.3 Å². The van der Waals surface area contributed by atoms with Gasteiger partial charge in [0.2, 0.25) is 0 Å². The standard InChI is InChI=1S/C11H14O5/c1-14-10(13)9-7(11(15-2)16-3)5-4-6-8(9)12/h4-6,11-12H,1-3H3. The Morgan fingerprint density at radius 1 is 1.25 bits per heavy atom. The first kappa shape index (κ1) is 12.5. The van der Waals surface area contributed by atoms with Gasteiger partial charge in [-0.2, -0.15) is 0 Å². The lowest BCUT2D eigenvalue weighted by atomic mass is 10.1. The number of ether oxygens (including phenoxy) is 3. The van der Waals surface area contributed by atoms with Crippen LogP contribution >= 0.6 is 0 Å². The lowest BCUT2D eigenvalue weighted by Gasteiger charge is -2.17. The first-order valence-electron chi connectivity index (χ1n) is 4.61. The van der Waals surface area contributed by atoms with Gasteiger partial charge < -0.3 is 19.3 Å². The maximum Gasteiger partial charge on any atom is 0.342 e. The van der Waals surface area contributed by atoms with Gasteiger partial charge in [0.1, 0.15) is 11.3 Å². The molecule has 0 saturated carbocycles. The molecule has 88 valence electrons. The van der Waals surface area contributed by atoms with Crippen LogP contribution in [-0.2, 0) is 14.2 Å². The SMILES string of the molecule is COC(=O)c1c(O)cccc1C(OC)OC. The summed E-state index contributed by atoms with van der Waals surface area (Å²) < 4.78 is 14.7. The molecule has 0 unspecified atom stereocenters. The number of hydrogen-bond donors (Lipinski definition) is 1. The van der Waals surface area contributed by atoms with E-state index in [0.29, 0.717) is 5.56 Å². The average Bonchev–Trinajstić information content (AvgIpc) is 2.30. The summed E-state index contributed by atoms with van der Waals surface area (Å²) in [6, 6.07) is 4.63. The van der Waals surface area contributed by atoms with E-state index in [1.54, 1.807) is 12.1 Å². The molecule has 1 aromatic carbocycles. The third-order valence-electron chi connectivity index (χ3n) is 2.15. The van der Waals surface area contributed by atoms with E-state index in [1.165, 1.54) is 27.4 Å². The van der Waals surface area contributed by atoms with Gasteiger partial charge in [0.25, 0.3) is 0 Å². The molecule has 0 atom stereocenters. The van der Waals surface area contributed by atoms with Crippen LogP contribution in [0, 0.1) is 0 Å². The summed E-state index contributed by atoms with van der Waals surface area (Å²) in [6.45, 7) is 0. The van der Waals surface area contributed by atoms with Gasteiger partial charge in [-0.3, -0.25) is 0 Å². The van der Waals surface area contributed by atoms with Gasteiger partial charge in [0.05, 0.1) is 7.11 Å². The molecule has 0 fully saturated rings. The third kappa shape index (κ3) is 2.32. The monoisotopic (exact) mass is 226 g/mol. The van der Waals surface area contributed by atoms with Crippen LogP contribution < -0.4 is 0 Å². The van der Waals surface area contributed by atoms with E-state index in [9.17, 15) is 9.90 Å². The topological polar surface area (TPSA) is 65.0 Å². The molecular weight excluding hydrogens is 212 g/mol. The Labute approximate surface area is 93.6 Å². The maximum atomic E-state index is 11.5. The van der Waals surface area contributed by atoms with E-state index < -0.39 is 12.3 Å². The summed E-state index contributed by atoms with van der Waals surface area (Å²) in [4.78, 5) is 11.5. The van der Waals surface area contributed by atoms with E-state index >= 15 is 0 Å². The first-order valence-corrected chi connectivity index (χ1v) is 4.61. The highest BCUT2D eigenvalue weighted by Gasteiger charge is 2.22. The van der Waals surface area contributed by atoms with Crippen molar-refractivity contribution >= 4 is 5.97 Å². The predicted octanol–water partition coefficient (Wildman–Crippen LogP) is 1.47. The van der Waals surface area contributed by atoms with E-state index in [1.807, 2.05) is 0 Å². The number of hydrogen-bond acceptors (Lipinski definition) is 5. The minimum Gasteiger partial charge on any atom is -0.507 e. The van der Waals surface area contributed by atoms with E-state index in [0.717, 1.165) is 0 Å². The molecule has 0 aliphatic carbocycles. The number of phenolic OH excluding ortho intramolecular Hbond substituents is 1. The normalized spacial score (nSPS) is 10.5. The Hall–Kier alpha value is -1.59. The fourth-order valence-electron chi connectivity index (χ4n) is 1.43. The average molecular weight is 226 g/mol. The summed E-state index contributed by atoms with van der Waals surface area (Å²) in [5, 5.41) is 9.62. The van der Waals surface area contributed by atoms with Gasteiger partial charge in [0.15, 0.2) is 6.29 Å². The number of methoxy groups -OCH3 is 3. The second-order valence-corrected chi connectivity index (χ2v) is 3.04. The molecule has 0 aliphatic heterocycles. The van der Waals surface area contributed by atoms with Crippen LogP contribution in [0.2, 0.25) is 0 Å².